The van der Waals surface area contributed by atoms with Gasteiger partial charge in [0.1, 0.15) is 5.52 Å². The van der Waals surface area contributed by atoms with Crippen molar-refractivity contribution in [3.05, 3.63) is 39.6 Å². The van der Waals surface area contributed by atoms with Crippen LogP contribution in [0.3, 0.4) is 0 Å². The molecule has 116 valence electrons. The van der Waals surface area contributed by atoms with Gasteiger partial charge < -0.3 is 14.6 Å². The minimum absolute atomic E-state index is 0.0612. The van der Waals surface area contributed by atoms with Crippen LogP contribution in [-0.2, 0) is 13.5 Å². The molecule has 1 atom stereocenters. The topological polar surface area (TPSA) is 88.6 Å². The lowest BCUT2D eigenvalue weighted by atomic mass is 9.94. The van der Waals surface area contributed by atoms with E-state index >= 15 is 0 Å². The van der Waals surface area contributed by atoms with Gasteiger partial charge in [0.25, 0.3) is 5.69 Å². The van der Waals surface area contributed by atoms with Crippen molar-refractivity contribution in [2.24, 2.45) is 7.05 Å². The maximum atomic E-state index is 11.5. The number of nitro groups is 1. The van der Waals surface area contributed by atoms with Gasteiger partial charge in [-0.3, -0.25) is 10.1 Å². The first-order valence-corrected chi connectivity index (χ1v) is 7.21. The van der Waals surface area contributed by atoms with E-state index in [1.807, 2.05) is 24.6 Å². The third-order valence-electron chi connectivity index (χ3n) is 4.48. The number of hydrogen-bond donors (Lipinski definition) is 1. The summed E-state index contributed by atoms with van der Waals surface area (Å²) in [4.78, 5) is 23.8. The SMILES string of the molecule is CCC1c2c(n(C)c3c([N+](=O)[O-])cccc23)CCN1C(=O)O. The molecule has 0 spiro atoms. The number of amides is 1. The van der Waals surface area contributed by atoms with Crippen LogP contribution in [0.2, 0.25) is 0 Å². The molecule has 7 heteroatoms. The zero-order valence-electron chi connectivity index (χ0n) is 12.4. The normalized spacial score (nSPS) is 17.5. The number of hydrogen-bond acceptors (Lipinski definition) is 3. The highest BCUT2D eigenvalue weighted by Crippen LogP contribution is 2.41. The lowest BCUT2D eigenvalue weighted by Gasteiger charge is -2.33. The smallest absolute Gasteiger partial charge is 0.407 e. The maximum Gasteiger partial charge on any atom is 0.407 e. The van der Waals surface area contributed by atoms with Crippen molar-refractivity contribution in [1.82, 2.24) is 9.47 Å². The minimum Gasteiger partial charge on any atom is -0.465 e. The number of aryl methyl sites for hydroxylation is 1. The molecule has 2 heterocycles. The molecule has 1 aliphatic heterocycles. The van der Waals surface area contributed by atoms with Crippen molar-refractivity contribution in [2.75, 3.05) is 6.54 Å². The lowest BCUT2D eigenvalue weighted by Crippen LogP contribution is -2.39. The Labute approximate surface area is 126 Å². The number of nitro benzene ring substituents is 1. The molecule has 1 N–H and O–H groups in total. The molecule has 1 aromatic heterocycles. The monoisotopic (exact) mass is 303 g/mol. The summed E-state index contributed by atoms with van der Waals surface area (Å²) in [6.45, 7) is 2.35. The number of aromatic nitrogens is 1. The molecule has 3 rings (SSSR count). The number of fused-ring (bicyclic) bond motifs is 3. The first kappa shape index (κ1) is 14.4. The van der Waals surface area contributed by atoms with Gasteiger partial charge in [0.15, 0.2) is 0 Å². The van der Waals surface area contributed by atoms with Crippen LogP contribution in [0.4, 0.5) is 10.5 Å². The summed E-state index contributed by atoms with van der Waals surface area (Å²) in [7, 11) is 1.82. The quantitative estimate of drug-likeness (QED) is 0.682. The van der Waals surface area contributed by atoms with Gasteiger partial charge in [0.2, 0.25) is 0 Å². The first-order valence-electron chi connectivity index (χ1n) is 7.21. The highest BCUT2D eigenvalue weighted by Gasteiger charge is 2.35. The van der Waals surface area contributed by atoms with Gasteiger partial charge in [-0.05, 0) is 6.42 Å². The summed E-state index contributed by atoms with van der Waals surface area (Å²) >= 11 is 0. The van der Waals surface area contributed by atoms with Crippen molar-refractivity contribution in [3.8, 4) is 0 Å². The number of non-ortho nitro benzene ring substituents is 1. The van der Waals surface area contributed by atoms with Gasteiger partial charge in [-0.2, -0.15) is 0 Å². The molecule has 1 amide bonds. The van der Waals surface area contributed by atoms with Crippen LogP contribution in [-0.4, -0.2) is 32.1 Å². The number of nitrogens with zero attached hydrogens (tertiary/aromatic N) is 3. The van der Waals surface area contributed by atoms with Crippen LogP contribution in [0.1, 0.15) is 30.6 Å². The van der Waals surface area contributed by atoms with Gasteiger partial charge in [-0.25, -0.2) is 4.79 Å². The van der Waals surface area contributed by atoms with E-state index in [-0.39, 0.29) is 16.7 Å². The molecule has 1 unspecified atom stereocenters. The third-order valence-corrected chi connectivity index (χ3v) is 4.48. The molecule has 0 saturated heterocycles. The molecule has 0 fully saturated rings. The highest BCUT2D eigenvalue weighted by atomic mass is 16.6. The van der Waals surface area contributed by atoms with Crippen LogP contribution in [0.15, 0.2) is 18.2 Å². The molecule has 7 nitrogen and oxygen atoms in total. The second-order valence-electron chi connectivity index (χ2n) is 5.50. The summed E-state index contributed by atoms with van der Waals surface area (Å²) < 4.78 is 1.85. The van der Waals surface area contributed by atoms with Crippen LogP contribution < -0.4 is 0 Å². The van der Waals surface area contributed by atoms with Gasteiger partial charge in [0, 0.05) is 42.7 Å². The third kappa shape index (κ3) is 1.85. The van der Waals surface area contributed by atoms with Crippen molar-refractivity contribution in [1.29, 1.82) is 0 Å². The fraction of sp³-hybridized carbons (Fsp3) is 0.400. The molecule has 1 aromatic carbocycles. The lowest BCUT2D eigenvalue weighted by molar-refractivity contribution is -0.383. The Hall–Kier alpha value is -2.57. The van der Waals surface area contributed by atoms with E-state index in [0.29, 0.717) is 24.9 Å². The number of benzene rings is 1. The average Bonchev–Trinajstić information content (AvgIpc) is 2.79. The van der Waals surface area contributed by atoms with Crippen LogP contribution in [0.5, 0.6) is 0 Å². The highest BCUT2D eigenvalue weighted by molar-refractivity contribution is 5.93. The fourth-order valence-electron chi connectivity index (χ4n) is 3.59. The number of rotatable bonds is 2. The zero-order chi connectivity index (χ0) is 16.0. The maximum absolute atomic E-state index is 11.5. The molecule has 0 aliphatic carbocycles. The molecule has 2 aromatic rings. The Morgan fingerprint density at radius 1 is 1.50 bits per heavy atom. The van der Waals surface area contributed by atoms with Crippen molar-refractivity contribution in [2.45, 2.75) is 25.8 Å². The summed E-state index contributed by atoms with van der Waals surface area (Å²) in [5.41, 5.74) is 2.54. The average molecular weight is 303 g/mol. The second-order valence-corrected chi connectivity index (χ2v) is 5.50. The van der Waals surface area contributed by atoms with Crippen molar-refractivity contribution in [3.63, 3.8) is 0 Å². The minimum atomic E-state index is -0.945. The number of para-hydroxylation sites is 1. The molecule has 0 radical (unpaired) electrons. The Morgan fingerprint density at radius 3 is 2.82 bits per heavy atom. The van der Waals surface area contributed by atoms with E-state index in [1.165, 1.54) is 11.0 Å². The predicted molar refractivity (Wildman–Crippen MR) is 81.0 cm³/mol. The summed E-state index contributed by atoms with van der Waals surface area (Å²) in [5.74, 6) is 0. The van der Waals surface area contributed by atoms with Crippen molar-refractivity contribution >= 4 is 22.7 Å². The summed E-state index contributed by atoms with van der Waals surface area (Å²) in [5, 5.41) is 21.5. The van der Waals surface area contributed by atoms with Gasteiger partial charge in [-0.15, -0.1) is 0 Å². The van der Waals surface area contributed by atoms with Crippen LogP contribution in [0.25, 0.3) is 10.9 Å². The van der Waals surface area contributed by atoms with Crippen molar-refractivity contribution < 1.29 is 14.8 Å². The van der Waals surface area contributed by atoms with E-state index in [4.69, 9.17) is 0 Å². The predicted octanol–water partition coefficient (Wildman–Crippen LogP) is 3.07. The Bertz CT molecular complexity index is 781. The Balaban J connectivity index is 2.33. The van der Waals surface area contributed by atoms with E-state index in [2.05, 4.69) is 0 Å². The fourth-order valence-corrected chi connectivity index (χ4v) is 3.59. The molecule has 0 bridgehead atoms. The molecular formula is C15H17N3O4. The molecule has 1 aliphatic rings. The van der Waals surface area contributed by atoms with Crippen LogP contribution >= 0.6 is 0 Å². The largest absolute Gasteiger partial charge is 0.465 e. The van der Waals surface area contributed by atoms with E-state index in [1.54, 1.807) is 6.07 Å². The zero-order valence-corrected chi connectivity index (χ0v) is 12.4. The van der Waals surface area contributed by atoms with Gasteiger partial charge in [0.05, 0.1) is 11.0 Å². The Morgan fingerprint density at radius 2 is 2.23 bits per heavy atom. The molecule has 0 saturated carbocycles. The molecule has 22 heavy (non-hydrogen) atoms. The number of carboxylic acid groups (broad SMARTS) is 1. The summed E-state index contributed by atoms with van der Waals surface area (Å²) in [6.07, 6.45) is 0.265. The second kappa shape index (κ2) is 5.01. The standard InChI is InChI=1S/C15H17N3O4/c1-3-10-13-9-5-4-6-12(18(21)22)14(9)16(2)11(13)7-8-17(10)15(19)20/h4-6,10H,3,7-8H2,1-2H3,(H,19,20). The Kier molecular flexibility index (Phi) is 3.27. The van der Waals surface area contributed by atoms with Crippen LogP contribution in [0, 0.1) is 10.1 Å². The van der Waals surface area contributed by atoms with E-state index < -0.39 is 6.09 Å². The number of carbonyl (C=O) groups is 1. The molecular weight excluding hydrogens is 286 g/mol. The summed E-state index contributed by atoms with van der Waals surface area (Å²) in [6, 6.07) is 4.73. The first-order chi connectivity index (χ1) is 10.5. The van der Waals surface area contributed by atoms with Gasteiger partial charge >= 0.3 is 6.09 Å². The van der Waals surface area contributed by atoms with Gasteiger partial charge in [-0.1, -0.05) is 19.1 Å². The van der Waals surface area contributed by atoms with E-state index in [9.17, 15) is 20.0 Å². The van der Waals surface area contributed by atoms with E-state index in [0.717, 1.165) is 16.6 Å².